The lowest BCUT2D eigenvalue weighted by Gasteiger charge is -2.27. The van der Waals surface area contributed by atoms with Crippen molar-refractivity contribution in [3.05, 3.63) is 39.9 Å². The van der Waals surface area contributed by atoms with Crippen LogP contribution >= 0.6 is 22.6 Å². The van der Waals surface area contributed by atoms with Crippen LogP contribution in [0.25, 0.3) is 11.3 Å². The van der Waals surface area contributed by atoms with Gasteiger partial charge in [-0.3, -0.25) is 14.5 Å². The van der Waals surface area contributed by atoms with Gasteiger partial charge in [0.25, 0.3) is 5.91 Å². The molecule has 0 bridgehead atoms. The molecule has 8 nitrogen and oxygen atoms in total. The third kappa shape index (κ3) is 4.18. The van der Waals surface area contributed by atoms with E-state index in [4.69, 9.17) is 5.11 Å². The van der Waals surface area contributed by atoms with Crippen LogP contribution < -0.4 is 5.32 Å². The van der Waals surface area contributed by atoms with Crippen molar-refractivity contribution >= 4 is 40.5 Å². The summed E-state index contributed by atoms with van der Waals surface area (Å²) in [5, 5.41) is 11.4. The van der Waals surface area contributed by atoms with Gasteiger partial charge in [-0.15, -0.1) is 0 Å². The zero-order valence-electron chi connectivity index (χ0n) is 15.5. The Morgan fingerprint density at radius 1 is 1.29 bits per heavy atom. The summed E-state index contributed by atoms with van der Waals surface area (Å²) in [6.45, 7) is 3.81. The molecular weight excluding hydrogens is 475 g/mol. The van der Waals surface area contributed by atoms with Crippen LogP contribution in [0.1, 0.15) is 38.6 Å². The first kappa shape index (κ1) is 20.3. The molecule has 3 N–H and O–H groups in total. The summed E-state index contributed by atoms with van der Waals surface area (Å²) in [6, 6.07) is 6.00. The number of amides is 3. The molecule has 0 spiro atoms. The van der Waals surface area contributed by atoms with Crippen LogP contribution in [0.3, 0.4) is 0 Å². The van der Waals surface area contributed by atoms with Gasteiger partial charge in [0.15, 0.2) is 0 Å². The monoisotopic (exact) mass is 496 g/mol. The molecule has 2 atom stereocenters. The largest absolute Gasteiger partial charge is 0.481 e. The average Bonchev–Trinajstić information content (AvgIpc) is 3.21. The van der Waals surface area contributed by atoms with E-state index in [1.165, 1.54) is 0 Å². The van der Waals surface area contributed by atoms with Crippen molar-refractivity contribution in [2.75, 3.05) is 0 Å². The van der Waals surface area contributed by atoms with Crippen molar-refractivity contribution < 1.29 is 19.5 Å². The molecule has 2 heterocycles. The van der Waals surface area contributed by atoms with Gasteiger partial charge in [0.1, 0.15) is 17.9 Å². The topological polar surface area (TPSA) is 115 Å². The molecule has 28 heavy (non-hydrogen) atoms. The number of rotatable bonds is 7. The molecule has 2 aromatic rings. The quantitative estimate of drug-likeness (QED) is 0.403. The van der Waals surface area contributed by atoms with Crippen LogP contribution in [-0.2, 0) is 9.59 Å². The van der Waals surface area contributed by atoms with E-state index in [2.05, 4.69) is 37.9 Å². The molecule has 3 amide bonds. The van der Waals surface area contributed by atoms with Crippen molar-refractivity contribution in [1.82, 2.24) is 20.2 Å². The summed E-state index contributed by atoms with van der Waals surface area (Å²) in [5.41, 5.74) is 1.75. The number of aromatic amines is 1. The Morgan fingerprint density at radius 2 is 1.96 bits per heavy atom. The number of hydrogen-bond donors (Lipinski definition) is 3. The lowest BCUT2D eigenvalue weighted by atomic mass is 10.0. The average molecular weight is 496 g/mol. The minimum atomic E-state index is -1.01. The number of nitrogens with one attached hydrogen (secondary N) is 2. The fourth-order valence-electron chi connectivity index (χ4n) is 3.27. The van der Waals surface area contributed by atoms with Crippen molar-refractivity contribution in [2.24, 2.45) is 5.92 Å². The van der Waals surface area contributed by atoms with Crippen LogP contribution in [0.15, 0.2) is 30.5 Å². The van der Waals surface area contributed by atoms with Gasteiger partial charge >= 0.3 is 12.0 Å². The molecule has 148 valence electrons. The van der Waals surface area contributed by atoms with Gasteiger partial charge < -0.3 is 15.4 Å². The van der Waals surface area contributed by atoms with E-state index in [0.29, 0.717) is 5.82 Å². The molecule has 1 fully saturated rings. The standard InChI is InChI=1S/C19H21IN4O4/c1-10(2)16(24-18(27)13(23-19(24)28)7-8-15(25)26)17-21-9-14(22-17)11-3-5-12(20)6-4-11/h3-6,9-10,13,16H,7-8H2,1-2H3,(H,21,22)(H,23,28)(H,25,26)/t13?,16-/m0/s1. The maximum absolute atomic E-state index is 12.8. The molecule has 9 heteroatoms. The molecule has 0 radical (unpaired) electrons. The highest BCUT2D eigenvalue weighted by Crippen LogP contribution is 2.31. The van der Waals surface area contributed by atoms with Crippen molar-refractivity contribution in [3.8, 4) is 11.3 Å². The number of nitrogens with zero attached hydrogens (tertiary/aromatic N) is 2. The van der Waals surface area contributed by atoms with Crippen LogP contribution in [-0.4, -0.2) is 43.9 Å². The van der Waals surface area contributed by atoms with Gasteiger partial charge in [-0.1, -0.05) is 26.0 Å². The second-order valence-electron chi connectivity index (χ2n) is 7.02. The fourth-order valence-corrected chi connectivity index (χ4v) is 3.63. The van der Waals surface area contributed by atoms with E-state index >= 15 is 0 Å². The number of carbonyl (C=O) groups is 3. The van der Waals surface area contributed by atoms with Crippen LogP contribution in [0.5, 0.6) is 0 Å². The Balaban J connectivity index is 1.86. The second kappa shape index (κ2) is 8.29. The van der Waals surface area contributed by atoms with E-state index < -0.39 is 30.0 Å². The van der Waals surface area contributed by atoms with Crippen LogP contribution in [0.4, 0.5) is 4.79 Å². The molecule has 1 aromatic heterocycles. The number of halogens is 1. The van der Waals surface area contributed by atoms with E-state index in [1.54, 1.807) is 6.20 Å². The SMILES string of the molecule is CC(C)[C@@H](c1ncc(-c2ccc(I)cc2)[nH]1)N1C(=O)NC(CCC(=O)O)C1=O. The second-order valence-corrected chi connectivity index (χ2v) is 8.27. The number of aliphatic carboxylic acids is 1. The Labute approximate surface area is 175 Å². The van der Waals surface area contributed by atoms with E-state index in [0.717, 1.165) is 19.7 Å². The molecule has 0 saturated carbocycles. The highest BCUT2D eigenvalue weighted by Gasteiger charge is 2.44. The summed E-state index contributed by atoms with van der Waals surface area (Å²) < 4.78 is 1.12. The molecule has 0 aliphatic carbocycles. The smallest absolute Gasteiger partial charge is 0.325 e. The number of imide groups is 1. The van der Waals surface area contributed by atoms with E-state index in [1.807, 2.05) is 38.1 Å². The highest BCUT2D eigenvalue weighted by atomic mass is 127. The van der Waals surface area contributed by atoms with E-state index in [9.17, 15) is 14.4 Å². The number of H-pyrrole nitrogens is 1. The normalized spacial score (nSPS) is 17.9. The zero-order chi connectivity index (χ0) is 20.4. The van der Waals surface area contributed by atoms with Crippen molar-refractivity contribution in [2.45, 2.75) is 38.8 Å². The number of benzene rings is 1. The molecule has 1 aliphatic rings. The Morgan fingerprint density at radius 3 is 2.57 bits per heavy atom. The number of carboxylic acid groups (broad SMARTS) is 1. The first-order chi connectivity index (χ1) is 13.3. The summed E-state index contributed by atoms with van der Waals surface area (Å²) >= 11 is 2.23. The predicted octanol–water partition coefficient (Wildman–Crippen LogP) is 3.16. The minimum Gasteiger partial charge on any atom is -0.481 e. The molecular formula is C19H21IN4O4. The highest BCUT2D eigenvalue weighted by molar-refractivity contribution is 14.1. The minimum absolute atomic E-state index is 0.0628. The van der Waals surface area contributed by atoms with Crippen molar-refractivity contribution in [3.63, 3.8) is 0 Å². The number of urea groups is 1. The van der Waals surface area contributed by atoms with Crippen LogP contribution in [0, 0.1) is 9.49 Å². The first-order valence-electron chi connectivity index (χ1n) is 8.94. The van der Waals surface area contributed by atoms with Gasteiger partial charge in [0.2, 0.25) is 0 Å². The lowest BCUT2D eigenvalue weighted by Crippen LogP contribution is -2.38. The van der Waals surface area contributed by atoms with Gasteiger partial charge in [0, 0.05) is 9.99 Å². The predicted molar refractivity (Wildman–Crippen MR) is 110 cm³/mol. The van der Waals surface area contributed by atoms with Gasteiger partial charge in [-0.05, 0) is 52.6 Å². The fraction of sp³-hybridized carbons (Fsp3) is 0.368. The van der Waals surface area contributed by atoms with Gasteiger partial charge in [0.05, 0.1) is 11.9 Å². The van der Waals surface area contributed by atoms with E-state index in [-0.39, 0.29) is 18.8 Å². The van der Waals surface area contributed by atoms with Gasteiger partial charge in [-0.2, -0.15) is 0 Å². The number of aromatic nitrogens is 2. The summed E-state index contributed by atoms with van der Waals surface area (Å²) in [6.07, 6.45) is 1.56. The third-order valence-electron chi connectivity index (χ3n) is 4.64. The molecule has 3 rings (SSSR count). The Kier molecular flexibility index (Phi) is 6.01. The molecule has 1 aromatic carbocycles. The molecule has 1 aliphatic heterocycles. The number of imidazole rings is 1. The third-order valence-corrected chi connectivity index (χ3v) is 5.36. The Hall–Kier alpha value is -2.43. The summed E-state index contributed by atoms with van der Waals surface area (Å²) in [7, 11) is 0. The zero-order valence-corrected chi connectivity index (χ0v) is 17.6. The first-order valence-corrected chi connectivity index (χ1v) is 10.0. The Bertz CT molecular complexity index is 894. The maximum atomic E-state index is 12.8. The molecule has 1 saturated heterocycles. The van der Waals surface area contributed by atoms with Gasteiger partial charge in [-0.25, -0.2) is 9.78 Å². The molecule has 1 unspecified atom stereocenters. The van der Waals surface area contributed by atoms with Crippen LogP contribution in [0.2, 0.25) is 0 Å². The maximum Gasteiger partial charge on any atom is 0.325 e. The number of carbonyl (C=O) groups excluding carboxylic acids is 2. The van der Waals surface area contributed by atoms with Crippen molar-refractivity contribution in [1.29, 1.82) is 0 Å². The number of carboxylic acids is 1. The number of hydrogen-bond acceptors (Lipinski definition) is 4. The summed E-state index contributed by atoms with van der Waals surface area (Å²) in [5.74, 6) is -0.985. The lowest BCUT2D eigenvalue weighted by molar-refractivity contribution is -0.137. The summed E-state index contributed by atoms with van der Waals surface area (Å²) in [4.78, 5) is 44.9.